The van der Waals surface area contributed by atoms with Gasteiger partial charge in [0, 0.05) is 25.4 Å². The quantitative estimate of drug-likeness (QED) is 0.706. The number of nitrogens with zero attached hydrogens (tertiary/aromatic N) is 1. The Morgan fingerprint density at radius 3 is 2.46 bits per heavy atom. The van der Waals surface area contributed by atoms with Crippen LogP contribution in [-0.4, -0.2) is 36.5 Å². The van der Waals surface area contributed by atoms with Crippen LogP contribution < -0.4 is 15.4 Å². The highest BCUT2D eigenvalue weighted by Crippen LogP contribution is 2.59. The van der Waals surface area contributed by atoms with E-state index in [-0.39, 0.29) is 38.2 Å². The van der Waals surface area contributed by atoms with Gasteiger partial charge in [-0.25, -0.2) is 9.78 Å². The summed E-state index contributed by atoms with van der Waals surface area (Å²) in [5.74, 6) is -0.247. The predicted octanol–water partition coefficient (Wildman–Crippen LogP) is 3.55. The lowest BCUT2D eigenvalue weighted by atomic mass is 10.0. The second-order valence-corrected chi connectivity index (χ2v) is 6.04. The summed E-state index contributed by atoms with van der Waals surface area (Å²) in [4.78, 5) is 15.2. The van der Waals surface area contributed by atoms with Crippen LogP contribution in [0.4, 0.5) is 31.1 Å². The minimum atomic E-state index is -4.49. The molecule has 0 bridgehead atoms. The lowest BCUT2D eigenvalue weighted by Crippen LogP contribution is -2.37. The smallest absolute Gasteiger partial charge is 0.422 e. The molecule has 5 nitrogen and oxygen atoms in total. The van der Waals surface area contributed by atoms with Gasteiger partial charge < -0.3 is 15.4 Å². The van der Waals surface area contributed by atoms with E-state index in [1.54, 1.807) is 0 Å². The topological polar surface area (TPSA) is 63.2 Å². The van der Waals surface area contributed by atoms with Gasteiger partial charge in [-0.1, -0.05) is 0 Å². The van der Waals surface area contributed by atoms with Crippen molar-refractivity contribution >= 4 is 6.03 Å². The zero-order chi connectivity index (χ0) is 19.4. The molecule has 1 saturated carbocycles. The molecule has 1 aliphatic rings. The van der Waals surface area contributed by atoms with Crippen LogP contribution >= 0.6 is 0 Å². The first-order chi connectivity index (χ1) is 12.0. The monoisotopic (exact) mass is 385 g/mol. The minimum absolute atomic E-state index is 0.0405. The number of alkyl halides is 6. The highest BCUT2D eigenvalue weighted by atomic mass is 19.4. The predicted molar refractivity (Wildman–Crippen MR) is 78.4 cm³/mol. The Morgan fingerprint density at radius 2 is 1.88 bits per heavy atom. The molecule has 1 heterocycles. The summed E-state index contributed by atoms with van der Waals surface area (Å²) in [5.41, 5.74) is -1.25. The van der Waals surface area contributed by atoms with Gasteiger partial charge in [-0.3, -0.25) is 0 Å². The summed E-state index contributed by atoms with van der Waals surface area (Å²) < 4.78 is 79.0. The van der Waals surface area contributed by atoms with Gasteiger partial charge in [-0.15, -0.1) is 0 Å². The van der Waals surface area contributed by atoms with E-state index >= 15 is 0 Å². The van der Waals surface area contributed by atoms with Crippen LogP contribution in [0, 0.1) is 5.41 Å². The number of pyridine rings is 1. The van der Waals surface area contributed by atoms with Crippen molar-refractivity contribution in [1.82, 2.24) is 15.6 Å². The number of nitrogens with one attached hydrogen (secondary N) is 2. The molecule has 2 rings (SSSR count). The van der Waals surface area contributed by atoms with Crippen LogP contribution in [0.25, 0.3) is 0 Å². The Balaban J connectivity index is 1.72. The highest BCUT2D eigenvalue weighted by Gasteiger charge is 2.62. The van der Waals surface area contributed by atoms with Gasteiger partial charge in [-0.2, -0.15) is 26.3 Å². The molecule has 0 atom stereocenters. The Labute approximate surface area is 145 Å². The van der Waals surface area contributed by atoms with E-state index in [4.69, 9.17) is 0 Å². The van der Waals surface area contributed by atoms with Crippen molar-refractivity contribution in [1.29, 1.82) is 0 Å². The third-order valence-corrected chi connectivity index (χ3v) is 3.98. The van der Waals surface area contributed by atoms with Gasteiger partial charge in [0.15, 0.2) is 6.61 Å². The number of hydrogen-bond acceptors (Lipinski definition) is 3. The Kier molecular flexibility index (Phi) is 5.87. The van der Waals surface area contributed by atoms with Crippen molar-refractivity contribution in [3.63, 3.8) is 0 Å². The van der Waals surface area contributed by atoms with E-state index in [9.17, 15) is 31.1 Å². The molecule has 2 amide bonds. The van der Waals surface area contributed by atoms with E-state index < -0.39 is 30.4 Å². The fourth-order valence-corrected chi connectivity index (χ4v) is 2.28. The number of carbonyl (C=O) groups is 1. The molecule has 0 unspecified atom stereocenters. The van der Waals surface area contributed by atoms with Gasteiger partial charge >= 0.3 is 18.4 Å². The summed E-state index contributed by atoms with van der Waals surface area (Å²) >= 11 is 0. The standard InChI is InChI=1S/C15H17F6N3O2/c16-14(17,18)9-26-11-7-10(1-5-22-11)8-24-12(25)23-6-4-13(2-3-13)15(19,20)21/h1,5,7H,2-4,6,8-9H2,(H2,23,24,25). The minimum Gasteiger partial charge on any atom is -0.468 e. The largest absolute Gasteiger partial charge is 0.468 e. The molecule has 26 heavy (non-hydrogen) atoms. The van der Waals surface area contributed by atoms with Crippen molar-refractivity contribution in [2.45, 2.75) is 38.2 Å². The molecule has 1 aromatic heterocycles. The third-order valence-electron chi connectivity index (χ3n) is 3.98. The Bertz CT molecular complexity index is 629. The number of halogens is 6. The summed E-state index contributed by atoms with van der Waals surface area (Å²) in [5, 5.41) is 4.74. The van der Waals surface area contributed by atoms with E-state index in [0.29, 0.717) is 5.56 Å². The molecule has 0 radical (unpaired) electrons. The second kappa shape index (κ2) is 7.58. The zero-order valence-corrected chi connectivity index (χ0v) is 13.5. The second-order valence-electron chi connectivity index (χ2n) is 6.04. The normalized spacial score (nSPS) is 16.1. The Morgan fingerprint density at radius 1 is 1.19 bits per heavy atom. The first-order valence-corrected chi connectivity index (χ1v) is 7.74. The van der Waals surface area contributed by atoms with E-state index in [2.05, 4.69) is 20.4 Å². The van der Waals surface area contributed by atoms with Gasteiger partial charge in [0.05, 0.1) is 5.41 Å². The van der Waals surface area contributed by atoms with Crippen LogP contribution in [0.1, 0.15) is 24.8 Å². The molecule has 146 valence electrons. The molecular formula is C15H17F6N3O2. The average molecular weight is 385 g/mol. The lowest BCUT2D eigenvalue weighted by molar-refractivity contribution is -0.188. The molecule has 1 aromatic rings. The van der Waals surface area contributed by atoms with E-state index in [1.807, 2.05) is 0 Å². The number of carbonyl (C=O) groups excluding carboxylic acids is 1. The number of urea groups is 1. The van der Waals surface area contributed by atoms with Crippen LogP contribution in [0.15, 0.2) is 18.3 Å². The molecular weight excluding hydrogens is 368 g/mol. The first-order valence-electron chi connectivity index (χ1n) is 7.74. The van der Waals surface area contributed by atoms with Gasteiger partial charge in [-0.05, 0) is 30.9 Å². The summed E-state index contributed by atoms with van der Waals surface area (Å²) in [6.45, 7) is -1.65. The molecule has 0 saturated heterocycles. The molecule has 11 heteroatoms. The van der Waals surface area contributed by atoms with Crippen molar-refractivity contribution < 1.29 is 35.9 Å². The maximum atomic E-state index is 12.7. The van der Waals surface area contributed by atoms with Crippen molar-refractivity contribution in [3.8, 4) is 5.88 Å². The van der Waals surface area contributed by atoms with Gasteiger partial charge in [0.1, 0.15) is 0 Å². The number of ether oxygens (including phenoxy) is 1. The zero-order valence-electron chi connectivity index (χ0n) is 13.5. The maximum Gasteiger partial charge on any atom is 0.422 e. The first kappa shape index (κ1) is 20.1. The summed E-state index contributed by atoms with van der Waals surface area (Å²) in [7, 11) is 0. The number of hydrogen-bond donors (Lipinski definition) is 2. The van der Waals surface area contributed by atoms with Crippen molar-refractivity contribution in [2.75, 3.05) is 13.2 Å². The lowest BCUT2D eigenvalue weighted by Gasteiger charge is -2.19. The fourth-order valence-electron chi connectivity index (χ4n) is 2.28. The van der Waals surface area contributed by atoms with Crippen LogP contribution in [0.2, 0.25) is 0 Å². The van der Waals surface area contributed by atoms with Crippen molar-refractivity contribution in [2.24, 2.45) is 5.41 Å². The summed E-state index contributed by atoms with van der Waals surface area (Å²) in [6.07, 6.45) is -7.59. The number of rotatable bonds is 7. The molecule has 1 aliphatic carbocycles. The molecule has 0 spiro atoms. The SMILES string of the molecule is O=C(NCCC1(C(F)(F)F)CC1)NCc1ccnc(OCC(F)(F)F)c1. The summed E-state index contributed by atoms with van der Waals surface area (Å²) in [6, 6.07) is 2.02. The van der Waals surface area contributed by atoms with Gasteiger partial charge in [0.2, 0.25) is 5.88 Å². The maximum absolute atomic E-state index is 12.7. The van der Waals surface area contributed by atoms with Crippen LogP contribution in [0.5, 0.6) is 5.88 Å². The van der Waals surface area contributed by atoms with E-state index in [1.165, 1.54) is 18.3 Å². The highest BCUT2D eigenvalue weighted by molar-refractivity contribution is 5.73. The molecule has 1 fully saturated rings. The molecule has 0 aromatic carbocycles. The fraction of sp³-hybridized carbons (Fsp3) is 0.600. The number of amides is 2. The number of aromatic nitrogens is 1. The van der Waals surface area contributed by atoms with Crippen LogP contribution in [-0.2, 0) is 6.54 Å². The molecule has 0 aliphatic heterocycles. The van der Waals surface area contributed by atoms with Gasteiger partial charge in [0.25, 0.3) is 0 Å². The third kappa shape index (κ3) is 5.95. The molecule has 2 N–H and O–H groups in total. The average Bonchev–Trinajstić information content (AvgIpc) is 3.32. The van der Waals surface area contributed by atoms with Crippen molar-refractivity contribution in [3.05, 3.63) is 23.9 Å². The van der Waals surface area contributed by atoms with Crippen LogP contribution in [0.3, 0.4) is 0 Å². The van der Waals surface area contributed by atoms with E-state index in [0.717, 1.165) is 0 Å². The Hall–Kier alpha value is -2.20.